The van der Waals surface area contributed by atoms with Gasteiger partial charge in [-0.15, -0.1) is 0 Å². The van der Waals surface area contributed by atoms with Crippen molar-refractivity contribution in [1.82, 2.24) is 5.32 Å². The van der Waals surface area contributed by atoms with Gasteiger partial charge in [-0.05, 0) is 5.53 Å². The number of hydrogen-bond donors (Lipinski definition) is 6. The fraction of sp³-hybridized carbons (Fsp3) is 0.875. The Morgan fingerprint density at radius 1 is 1.42 bits per heavy atom. The minimum absolute atomic E-state index is 0.669. The summed E-state index contributed by atoms with van der Waals surface area (Å²) in [5.41, 5.74) is 8.02. The molecule has 11 heteroatoms. The molecule has 1 fully saturated rings. The zero-order chi connectivity index (χ0) is 14.6. The first-order valence-electron chi connectivity index (χ1n) is 5.23. The summed E-state index contributed by atoms with van der Waals surface area (Å²) >= 11 is 0. The minimum atomic E-state index is -2.71. The molecule has 0 saturated carbocycles. The first kappa shape index (κ1) is 15.6. The SMILES string of the molecule is [N-]=[N+]=NCC(=O)N[C@@]1(O)O[C@H](CO)[C@H](O)[C@H](O)[C@H]1O. The Hall–Kier alpha value is -1.46. The average molecular weight is 278 g/mol. The van der Waals surface area contributed by atoms with Crippen molar-refractivity contribution in [2.24, 2.45) is 5.11 Å². The molecule has 11 nitrogen and oxygen atoms in total. The van der Waals surface area contributed by atoms with E-state index >= 15 is 0 Å². The highest BCUT2D eigenvalue weighted by Crippen LogP contribution is 2.26. The van der Waals surface area contributed by atoms with Crippen molar-refractivity contribution in [1.29, 1.82) is 0 Å². The third-order valence-electron chi connectivity index (χ3n) is 2.56. The van der Waals surface area contributed by atoms with E-state index in [0.29, 0.717) is 0 Å². The maximum Gasteiger partial charge on any atom is 0.279 e. The highest BCUT2D eigenvalue weighted by molar-refractivity contribution is 5.78. The van der Waals surface area contributed by atoms with E-state index in [1.54, 1.807) is 5.32 Å². The summed E-state index contributed by atoms with van der Waals surface area (Å²) in [6.07, 6.45) is -6.96. The number of aliphatic hydroxyl groups excluding tert-OH is 4. The topological polar surface area (TPSA) is 188 Å². The molecule has 1 saturated heterocycles. The lowest BCUT2D eigenvalue weighted by molar-refractivity contribution is -0.358. The van der Waals surface area contributed by atoms with Crippen LogP contribution >= 0.6 is 0 Å². The smallest absolute Gasteiger partial charge is 0.279 e. The molecule has 19 heavy (non-hydrogen) atoms. The largest absolute Gasteiger partial charge is 0.394 e. The number of carbonyl (C=O) groups excluding carboxylic acids is 1. The third-order valence-corrected chi connectivity index (χ3v) is 2.56. The second kappa shape index (κ2) is 6.12. The number of aliphatic hydroxyl groups is 5. The van der Waals surface area contributed by atoms with Crippen LogP contribution in [-0.2, 0) is 9.53 Å². The maximum atomic E-state index is 11.3. The monoisotopic (exact) mass is 278 g/mol. The standard InChI is InChI=1S/C8H14N4O7/c9-12-10-1-4(14)11-8(18)7(17)6(16)5(15)3(2-13)19-8/h3,5-7,13,15-18H,1-2H2,(H,11,14)/t3-,5+,6+,7-,8+/m1/s1. The van der Waals surface area contributed by atoms with Crippen molar-refractivity contribution < 1.29 is 35.1 Å². The second-order valence-corrected chi connectivity index (χ2v) is 3.90. The lowest BCUT2D eigenvalue weighted by Crippen LogP contribution is -2.71. The van der Waals surface area contributed by atoms with Crippen LogP contribution < -0.4 is 5.32 Å². The molecule has 6 N–H and O–H groups in total. The van der Waals surface area contributed by atoms with Crippen LogP contribution in [0, 0.1) is 0 Å². The Balaban J connectivity index is 2.82. The average Bonchev–Trinajstić information content (AvgIpc) is 2.38. The number of hydrogen-bond acceptors (Lipinski definition) is 8. The summed E-state index contributed by atoms with van der Waals surface area (Å²) < 4.78 is 4.75. The number of ether oxygens (including phenoxy) is 1. The minimum Gasteiger partial charge on any atom is -0.394 e. The lowest BCUT2D eigenvalue weighted by atomic mass is 9.96. The van der Waals surface area contributed by atoms with Crippen LogP contribution in [0.3, 0.4) is 0 Å². The highest BCUT2D eigenvalue weighted by Gasteiger charge is 2.53. The molecule has 0 aromatic rings. The van der Waals surface area contributed by atoms with Gasteiger partial charge in [-0.2, -0.15) is 0 Å². The van der Waals surface area contributed by atoms with Crippen LogP contribution in [0.1, 0.15) is 0 Å². The molecule has 108 valence electrons. The van der Waals surface area contributed by atoms with E-state index in [1.165, 1.54) is 0 Å². The van der Waals surface area contributed by atoms with Crippen molar-refractivity contribution in [3.63, 3.8) is 0 Å². The maximum absolute atomic E-state index is 11.3. The lowest BCUT2D eigenvalue weighted by Gasteiger charge is -2.45. The molecule has 1 aliphatic heterocycles. The van der Waals surface area contributed by atoms with Gasteiger partial charge in [0.1, 0.15) is 24.9 Å². The zero-order valence-corrected chi connectivity index (χ0v) is 9.62. The van der Waals surface area contributed by atoms with Crippen molar-refractivity contribution in [3.05, 3.63) is 10.4 Å². The molecule has 0 radical (unpaired) electrons. The number of nitrogens with zero attached hydrogens (tertiary/aromatic N) is 3. The van der Waals surface area contributed by atoms with Gasteiger partial charge in [0.2, 0.25) is 5.91 Å². The summed E-state index contributed by atoms with van der Waals surface area (Å²) in [4.78, 5) is 13.6. The number of carbonyl (C=O) groups is 1. The molecule has 1 amide bonds. The van der Waals surface area contributed by atoms with E-state index in [1.807, 2.05) is 0 Å². The van der Waals surface area contributed by atoms with E-state index in [0.717, 1.165) is 0 Å². The van der Waals surface area contributed by atoms with Gasteiger partial charge in [-0.25, -0.2) is 0 Å². The third kappa shape index (κ3) is 3.30. The molecule has 0 aromatic heterocycles. The summed E-state index contributed by atoms with van der Waals surface area (Å²) in [5.74, 6) is -3.70. The van der Waals surface area contributed by atoms with Gasteiger partial charge in [-0.1, -0.05) is 5.11 Å². The number of rotatable bonds is 4. The van der Waals surface area contributed by atoms with Gasteiger partial charge in [0.05, 0.1) is 6.61 Å². The van der Waals surface area contributed by atoms with E-state index in [4.69, 9.17) is 15.4 Å². The van der Waals surface area contributed by atoms with Crippen LogP contribution in [-0.4, -0.2) is 74.9 Å². The fourth-order valence-corrected chi connectivity index (χ4v) is 1.59. The van der Waals surface area contributed by atoms with E-state index < -0.39 is 49.4 Å². The predicted octanol–water partition coefficient (Wildman–Crippen LogP) is -3.47. The highest BCUT2D eigenvalue weighted by atomic mass is 16.7. The van der Waals surface area contributed by atoms with Crippen molar-refractivity contribution in [2.75, 3.05) is 13.2 Å². The molecule has 5 atom stereocenters. The molecule has 0 bridgehead atoms. The van der Waals surface area contributed by atoms with Crippen LogP contribution in [0.2, 0.25) is 0 Å². The number of amides is 1. The van der Waals surface area contributed by atoms with Crippen LogP contribution in [0.25, 0.3) is 10.4 Å². The Morgan fingerprint density at radius 2 is 2.05 bits per heavy atom. The van der Waals surface area contributed by atoms with Gasteiger partial charge in [-0.3, -0.25) is 4.79 Å². The van der Waals surface area contributed by atoms with Crippen molar-refractivity contribution >= 4 is 5.91 Å². The second-order valence-electron chi connectivity index (χ2n) is 3.90. The van der Waals surface area contributed by atoms with Gasteiger partial charge in [0.25, 0.3) is 5.91 Å². The Morgan fingerprint density at radius 3 is 2.58 bits per heavy atom. The van der Waals surface area contributed by atoms with Gasteiger partial charge in [0.15, 0.2) is 6.10 Å². The van der Waals surface area contributed by atoms with Crippen LogP contribution in [0.5, 0.6) is 0 Å². The molecule has 1 heterocycles. The molecule has 0 aromatic carbocycles. The summed E-state index contributed by atoms with van der Waals surface area (Å²) in [7, 11) is 0. The molecule has 1 rings (SSSR count). The fourth-order valence-electron chi connectivity index (χ4n) is 1.59. The Bertz CT molecular complexity index is 385. The summed E-state index contributed by atoms with van der Waals surface area (Å²) in [5, 5.41) is 52.0. The Kier molecular flexibility index (Phi) is 5.03. The van der Waals surface area contributed by atoms with Crippen LogP contribution in [0.4, 0.5) is 0 Å². The van der Waals surface area contributed by atoms with Crippen molar-refractivity contribution in [2.45, 2.75) is 30.3 Å². The molecular weight excluding hydrogens is 264 g/mol. The van der Waals surface area contributed by atoms with E-state index in [2.05, 4.69) is 10.0 Å². The molecule has 0 unspecified atom stereocenters. The van der Waals surface area contributed by atoms with Gasteiger partial charge >= 0.3 is 0 Å². The first-order valence-corrected chi connectivity index (χ1v) is 5.23. The van der Waals surface area contributed by atoms with Gasteiger partial charge < -0.3 is 35.6 Å². The number of azide groups is 1. The summed E-state index contributed by atoms with van der Waals surface area (Å²) in [6.45, 7) is -1.43. The Labute approximate surface area is 106 Å². The van der Waals surface area contributed by atoms with Gasteiger partial charge in [0, 0.05) is 4.91 Å². The van der Waals surface area contributed by atoms with E-state index in [-0.39, 0.29) is 0 Å². The first-order chi connectivity index (χ1) is 8.85. The number of nitrogens with one attached hydrogen (secondary N) is 1. The quantitative estimate of drug-likeness (QED) is 0.133. The zero-order valence-electron chi connectivity index (χ0n) is 9.62. The molecule has 0 spiro atoms. The predicted molar refractivity (Wildman–Crippen MR) is 57.1 cm³/mol. The normalized spacial score (nSPS) is 38.4. The van der Waals surface area contributed by atoms with Crippen LogP contribution in [0.15, 0.2) is 5.11 Å². The van der Waals surface area contributed by atoms with E-state index in [9.17, 15) is 25.2 Å². The molecule has 1 aliphatic rings. The van der Waals surface area contributed by atoms with Crippen molar-refractivity contribution in [3.8, 4) is 0 Å². The summed E-state index contributed by atoms with van der Waals surface area (Å²) in [6, 6.07) is 0. The molecule has 0 aliphatic carbocycles. The molecular formula is C8H14N4O7.